The summed E-state index contributed by atoms with van der Waals surface area (Å²) in [6.45, 7) is 0. The highest BCUT2D eigenvalue weighted by Crippen LogP contribution is 2.49. The molecule has 2 N–H and O–H groups in total. The van der Waals surface area contributed by atoms with Gasteiger partial charge in [0, 0.05) is 11.1 Å². The molecule has 0 aliphatic heterocycles. The van der Waals surface area contributed by atoms with Crippen molar-refractivity contribution in [2.24, 2.45) is 11.8 Å². The van der Waals surface area contributed by atoms with E-state index >= 15 is 0 Å². The average molecular weight is 356 g/mol. The summed E-state index contributed by atoms with van der Waals surface area (Å²) in [4.78, 5) is 0. The Morgan fingerprint density at radius 1 is 0.667 bits per heavy atom. The molecule has 2 fully saturated rings. The lowest BCUT2D eigenvalue weighted by atomic mass is 9.59. The van der Waals surface area contributed by atoms with Gasteiger partial charge in [0.15, 0.2) is 0 Å². The van der Waals surface area contributed by atoms with Gasteiger partial charge in [0.05, 0.1) is 0 Å². The molecule has 4 atom stereocenters. The molecule has 2 bridgehead atoms. The van der Waals surface area contributed by atoms with Crippen LogP contribution in [0.3, 0.4) is 0 Å². The molecule has 0 saturated heterocycles. The van der Waals surface area contributed by atoms with E-state index in [1.54, 1.807) is 0 Å². The Hall–Kier alpha value is -2.52. The molecule has 0 unspecified atom stereocenters. The fourth-order valence-corrected chi connectivity index (χ4v) is 4.38. The molecular weight excluding hydrogens is 332 g/mol. The SMILES string of the molecule is O[C@]1(C#Cc2ccccc2)CC[C@H]2C[C@@H]1CC[C@]2(O)C#Cc1ccccc1. The van der Waals surface area contributed by atoms with E-state index in [4.69, 9.17) is 0 Å². The molecule has 0 spiro atoms. The van der Waals surface area contributed by atoms with Gasteiger partial charge in [0.25, 0.3) is 0 Å². The van der Waals surface area contributed by atoms with Crippen LogP contribution in [0, 0.1) is 35.5 Å². The third kappa shape index (κ3) is 3.79. The van der Waals surface area contributed by atoms with Crippen LogP contribution in [0.15, 0.2) is 60.7 Å². The normalized spacial score (nSPS) is 31.8. The van der Waals surface area contributed by atoms with E-state index in [0.717, 1.165) is 30.4 Å². The molecule has 2 heteroatoms. The predicted molar refractivity (Wildman–Crippen MR) is 107 cm³/mol. The highest BCUT2D eigenvalue weighted by atomic mass is 16.3. The minimum absolute atomic E-state index is 0.103. The minimum atomic E-state index is -0.958. The molecule has 2 aliphatic rings. The van der Waals surface area contributed by atoms with E-state index in [9.17, 15) is 10.2 Å². The van der Waals surface area contributed by atoms with Crippen LogP contribution in [0.2, 0.25) is 0 Å². The van der Waals surface area contributed by atoms with Crippen LogP contribution >= 0.6 is 0 Å². The summed E-state index contributed by atoms with van der Waals surface area (Å²) in [5.74, 6) is 12.8. The van der Waals surface area contributed by atoms with E-state index in [0.29, 0.717) is 12.8 Å². The van der Waals surface area contributed by atoms with Crippen molar-refractivity contribution in [1.82, 2.24) is 0 Å². The Morgan fingerprint density at radius 3 is 1.48 bits per heavy atom. The van der Waals surface area contributed by atoms with Crippen LogP contribution in [0.4, 0.5) is 0 Å². The molecule has 2 nitrogen and oxygen atoms in total. The quantitative estimate of drug-likeness (QED) is 0.706. The van der Waals surface area contributed by atoms with Crippen LogP contribution < -0.4 is 0 Å². The number of benzene rings is 2. The van der Waals surface area contributed by atoms with E-state index in [1.807, 2.05) is 60.7 Å². The Kier molecular flexibility index (Phi) is 4.79. The van der Waals surface area contributed by atoms with Gasteiger partial charge in [-0.15, -0.1) is 0 Å². The molecule has 4 rings (SSSR count). The lowest BCUT2D eigenvalue weighted by Crippen LogP contribution is -2.52. The molecular formula is C25H24O2. The van der Waals surface area contributed by atoms with E-state index in [1.165, 1.54) is 0 Å². The van der Waals surface area contributed by atoms with Crippen molar-refractivity contribution >= 4 is 0 Å². The topological polar surface area (TPSA) is 40.5 Å². The number of aliphatic hydroxyl groups is 2. The second-order valence-corrected chi connectivity index (χ2v) is 7.79. The van der Waals surface area contributed by atoms with Crippen molar-refractivity contribution in [2.45, 2.75) is 43.3 Å². The average Bonchev–Trinajstić information content (AvgIpc) is 2.72. The molecule has 136 valence electrons. The highest BCUT2D eigenvalue weighted by molar-refractivity contribution is 5.38. The summed E-state index contributed by atoms with van der Waals surface area (Å²) >= 11 is 0. The summed E-state index contributed by atoms with van der Waals surface area (Å²) in [5.41, 5.74) is -0.0654. The van der Waals surface area contributed by atoms with Gasteiger partial charge < -0.3 is 10.2 Å². The van der Waals surface area contributed by atoms with Gasteiger partial charge in [-0.05, 0) is 68.2 Å². The number of fused-ring (bicyclic) bond motifs is 2. The van der Waals surface area contributed by atoms with Gasteiger partial charge in [-0.25, -0.2) is 0 Å². The van der Waals surface area contributed by atoms with Crippen molar-refractivity contribution in [3.05, 3.63) is 71.8 Å². The first kappa shape index (κ1) is 17.9. The standard InChI is InChI=1S/C25H24O2/c26-24(15-11-20-7-3-1-4-8-20)17-13-23-19-22(24)14-18-25(23,27)16-12-21-9-5-2-6-10-21/h1-10,22-23,26-27H,13-14,17-19H2/t22-,23-,24+,25+/m0/s1. The molecule has 0 aromatic heterocycles. The molecule has 27 heavy (non-hydrogen) atoms. The maximum atomic E-state index is 11.1. The van der Waals surface area contributed by atoms with Gasteiger partial charge in [0.1, 0.15) is 11.2 Å². The number of hydrogen-bond donors (Lipinski definition) is 2. The Morgan fingerprint density at radius 2 is 1.07 bits per heavy atom. The van der Waals surface area contributed by atoms with E-state index < -0.39 is 11.2 Å². The lowest BCUT2D eigenvalue weighted by Gasteiger charge is -2.49. The molecule has 2 aromatic carbocycles. The predicted octanol–water partition coefficient (Wildman–Crippen LogP) is 3.76. The highest BCUT2D eigenvalue weighted by Gasteiger charge is 2.51. The van der Waals surface area contributed by atoms with Gasteiger partial charge in [-0.3, -0.25) is 0 Å². The van der Waals surface area contributed by atoms with Gasteiger partial charge >= 0.3 is 0 Å². The van der Waals surface area contributed by atoms with Crippen molar-refractivity contribution < 1.29 is 10.2 Å². The van der Waals surface area contributed by atoms with Gasteiger partial charge in [0.2, 0.25) is 0 Å². The third-order valence-electron chi connectivity index (χ3n) is 6.06. The first-order valence-electron chi connectivity index (χ1n) is 9.69. The van der Waals surface area contributed by atoms with Gasteiger partial charge in [-0.1, -0.05) is 60.1 Å². The van der Waals surface area contributed by atoms with Gasteiger partial charge in [-0.2, -0.15) is 0 Å². The molecule has 2 saturated carbocycles. The molecule has 2 aromatic rings. The zero-order chi connectivity index (χ0) is 18.7. The Bertz CT molecular complexity index is 835. The van der Waals surface area contributed by atoms with Crippen molar-refractivity contribution in [2.75, 3.05) is 0 Å². The van der Waals surface area contributed by atoms with Crippen molar-refractivity contribution in [1.29, 1.82) is 0 Å². The summed E-state index contributed by atoms with van der Waals surface area (Å²) in [6, 6.07) is 19.6. The third-order valence-corrected chi connectivity index (χ3v) is 6.06. The zero-order valence-corrected chi connectivity index (χ0v) is 15.4. The molecule has 0 radical (unpaired) electrons. The summed E-state index contributed by atoms with van der Waals surface area (Å²) in [5, 5.41) is 22.3. The fourth-order valence-electron chi connectivity index (χ4n) is 4.38. The minimum Gasteiger partial charge on any atom is -0.377 e. The first-order valence-corrected chi connectivity index (χ1v) is 9.69. The fraction of sp³-hybridized carbons (Fsp3) is 0.360. The number of hydrogen-bond acceptors (Lipinski definition) is 2. The molecule has 0 amide bonds. The monoisotopic (exact) mass is 356 g/mol. The second-order valence-electron chi connectivity index (χ2n) is 7.79. The summed E-state index contributed by atoms with van der Waals surface area (Å²) in [6.07, 6.45) is 3.46. The largest absolute Gasteiger partial charge is 0.377 e. The van der Waals surface area contributed by atoms with Crippen LogP contribution in [0.5, 0.6) is 0 Å². The summed E-state index contributed by atoms with van der Waals surface area (Å²) in [7, 11) is 0. The smallest absolute Gasteiger partial charge is 0.128 e. The lowest BCUT2D eigenvalue weighted by molar-refractivity contribution is -0.1000. The van der Waals surface area contributed by atoms with E-state index in [2.05, 4.69) is 23.7 Å². The van der Waals surface area contributed by atoms with Crippen LogP contribution in [0.25, 0.3) is 0 Å². The first-order chi connectivity index (χ1) is 13.1. The zero-order valence-electron chi connectivity index (χ0n) is 15.4. The van der Waals surface area contributed by atoms with Crippen molar-refractivity contribution in [3.8, 4) is 23.7 Å². The number of rotatable bonds is 0. The van der Waals surface area contributed by atoms with Crippen molar-refractivity contribution in [3.63, 3.8) is 0 Å². The maximum absolute atomic E-state index is 11.1. The summed E-state index contributed by atoms with van der Waals surface area (Å²) < 4.78 is 0. The Balaban J connectivity index is 1.50. The Labute approximate surface area is 161 Å². The van der Waals surface area contributed by atoms with Crippen LogP contribution in [0.1, 0.15) is 43.2 Å². The van der Waals surface area contributed by atoms with E-state index in [-0.39, 0.29) is 11.8 Å². The second kappa shape index (κ2) is 7.24. The maximum Gasteiger partial charge on any atom is 0.128 e. The molecule has 2 aliphatic carbocycles. The van der Waals surface area contributed by atoms with Crippen LogP contribution in [-0.2, 0) is 0 Å². The molecule has 0 heterocycles. The van der Waals surface area contributed by atoms with Crippen LogP contribution in [-0.4, -0.2) is 21.4 Å².